The molecule has 0 aromatic carbocycles. The number of carbonyl (C=O) groups is 1. The van der Waals surface area contributed by atoms with Gasteiger partial charge >= 0.3 is 0 Å². The van der Waals surface area contributed by atoms with Crippen molar-refractivity contribution in [2.75, 3.05) is 6.54 Å². The molecular formula is C21H27N5O. The van der Waals surface area contributed by atoms with Gasteiger partial charge in [0.2, 0.25) is 0 Å². The molecule has 142 valence electrons. The lowest BCUT2D eigenvalue weighted by Gasteiger charge is -2.10. The Kier molecular flexibility index (Phi) is 5.44. The molecule has 6 heteroatoms. The third kappa shape index (κ3) is 3.94. The van der Waals surface area contributed by atoms with Crippen LogP contribution < -0.4 is 5.32 Å². The van der Waals surface area contributed by atoms with Crippen molar-refractivity contribution in [3.63, 3.8) is 0 Å². The molecule has 0 aliphatic heterocycles. The van der Waals surface area contributed by atoms with E-state index >= 15 is 0 Å². The maximum Gasteiger partial charge on any atom is 0.253 e. The Bertz CT molecular complexity index is 953. The Balaban J connectivity index is 1.67. The van der Waals surface area contributed by atoms with Crippen molar-refractivity contribution in [2.24, 2.45) is 7.05 Å². The maximum atomic E-state index is 12.7. The molecule has 3 heterocycles. The Morgan fingerprint density at radius 2 is 1.93 bits per heavy atom. The molecule has 0 atom stereocenters. The lowest BCUT2D eigenvalue weighted by molar-refractivity contribution is 0.0953. The first kappa shape index (κ1) is 18.9. The van der Waals surface area contributed by atoms with Crippen LogP contribution in [0.4, 0.5) is 0 Å². The monoisotopic (exact) mass is 365 g/mol. The Morgan fingerprint density at radius 3 is 2.56 bits per heavy atom. The summed E-state index contributed by atoms with van der Waals surface area (Å²) < 4.78 is 4.02. The van der Waals surface area contributed by atoms with Gasteiger partial charge in [0, 0.05) is 36.9 Å². The number of aromatic nitrogens is 4. The van der Waals surface area contributed by atoms with Crippen molar-refractivity contribution in [1.82, 2.24) is 24.6 Å². The molecule has 3 aromatic rings. The average Bonchev–Trinajstić information content (AvgIpc) is 3.06. The number of carbonyl (C=O) groups excluding carboxylic acids is 1. The smallest absolute Gasteiger partial charge is 0.253 e. The second-order valence-electron chi connectivity index (χ2n) is 6.97. The van der Waals surface area contributed by atoms with E-state index in [9.17, 15) is 4.79 Å². The maximum absolute atomic E-state index is 12.7. The Morgan fingerprint density at radius 1 is 1.15 bits per heavy atom. The van der Waals surface area contributed by atoms with E-state index in [0.29, 0.717) is 13.1 Å². The molecule has 3 rings (SSSR count). The average molecular weight is 365 g/mol. The highest BCUT2D eigenvalue weighted by Gasteiger charge is 2.16. The van der Waals surface area contributed by atoms with E-state index in [1.807, 2.05) is 56.8 Å². The third-order valence-corrected chi connectivity index (χ3v) is 5.18. The number of nitrogens with zero attached hydrogens (tertiary/aromatic N) is 4. The lowest BCUT2D eigenvalue weighted by atomic mass is 10.1. The van der Waals surface area contributed by atoms with Crippen LogP contribution in [0.25, 0.3) is 0 Å². The van der Waals surface area contributed by atoms with E-state index in [1.54, 1.807) is 6.20 Å². The minimum atomic E-state index is -0.0328. The Labute approximate surface area is 160 Å². The molecule has 0 saturated carbocycles. The summed E-state index contributed by atoms with van der Waals surface area (Å²) in [4.78, 5) is 17.1. The number of hydrogen-bond donors (Lipinski definition) is 1. The normalized spacial score (nSPS) is 11.0. The van der Waals surface area contributed by atoms with Gasteiger partial charge in [-0.15, -0.1) is 0 Å². The molecule has 0 aliphatic rings. The molecule has 0 aliphatic carbocycles. The summed E-state index contributed by atoms with van der Waals surface area (Å²) in [6.07, 6.45) is 2.57. The zero-order valence-electron chi connectivity index (χ0n) is 16.7. The van der Waals surface area contributed by atoms with Crippen LogP contribution in [0.15, 0.2) is 30.5 Å². The fourth-order valence-corrected chi connectivity index (χ4v) is 3.50. The van der Waals surface area contributed by atoms with E-state index < -0.39 is 0 Å². The predicted octanol–water partition coefficient (Wildman–Crippen LogP) is 2.87. The van der Waals surface area contributed by atoms with Gasteiger partial charge in [0.05, 0.1) is 23.5 Å². The SMILES string of the molecule is Cc1nn(C)c(C)c1CCNC(=O)c1cc(C)n(Cc2ccccn2)c1C. The fraction of sp³-hybridized carbons (Fsp3) is 0.381. The van der Waals surface area contributed by atoms with Gasteiger partial charge in [0.1, 0.15) is 0 Å². The number of rotatable bonds is 6. The number of nitrogens with one attached hydrogen (secondary N) is 1. The predicted molar refractivity (Wildman–Crippen MR) is 106 cm³/mol. The molecule has 0 saturated heterocycles. The quantitative estimate of drug-likeness (QED) is 0.730. The van der Waals surface area contributed by atoms with Crippen molar-refractivity contribution in [3.05, 3.63) is 70.1 Å². The molecule has 0 radical (unpaired) electrons. The zero-order chi connectivity index (χ0) is 19.6. The molecule has 0 unspecified atom stereocenters. The second kappa shape index (κ2) is 7.78. The zero-order valence-corrected chi connectivity index (χ0v) is 16.7. The van der Waals surface area contributed by atoms with Gasteiger partial charge in [0.25, 0.3) is 5.91 Å². The van der Waals surface area contributed by atoms with Crippen molar-refractivity contribution >= 4 is 5.91 Å². The van der Waals surface area contributed by atoms with Crippen LogP contribution in [-0.2, 0) is 20.0 Å². The number of amides is 1. The summed E-state index contributed by atoms with van der Waals surface area (Å²) in [5.41, 5.74) is 7.11. The number of hydrogen-bond acceptors (Lipinski definition) is 3. The first-order valence-electron chi connectivity index (χ1n) is 9.22. The van der Waals surface area contributed by atoms with E-state index in [0.717, 1.165) is 40.5 Å². The summed E-state index contributed by atoms with van der Waals surface area (Å²) in [6.45, 7) is 9.34. The molecule has 0 fully saturated rings. The minimum absolute atomic E-state index is 0.0328. The highest BCUT2D eigenvalue weighted by atomic mass is 16.1. The Hall–Kier alpha value is -2.89. The topological polar surface area (TPSA) is 64.7 Å². The van der Waals surface area contributed by atoms with Crippen molar-refractivity contribution in [3.8, 4) is 0 Å². The van der Waals surface area contributed by atoms with Gasteiger partial charge in [-0.1, -0.05) is 6.07 Å². The first-order chi connectivity index (χ1) is 12.9. The van der Waals surface area contributed by atoms with Gasteiger partial charge in [0.15, 0.2) is 0 Å². The molecule has 0 spiro atoms. The molecular weight excluding hydrogens is 338 g/mol. The van der Waals surface area contributed by atoms with Gasteiger partial charge in [-0.3, -0.25) is 14.5 Å². The number of pyridine rings is 1. The highest BCUT2D eigenvalue weighted by Crippen LogP contribution is 2.17. The van der Waals surface area contributed by atoms with Crippen LogP contribution in [0.2, 0.25) is 0 Å². The van der Waals surface area contributed by atoms with Crippen LogP contribution in [0.1, 0.15) is 44.4 Å². The van der Waals surface area contributed by atoms with Crippen LogP contribution in [0, 0.1) is 27.7 Å². The minimum Gasteiger partial charge on any atom is -0.352 e. The van der Waals surface area contributed by atoms with Crippen LogP contribution in [0.3, 0.4) is 0 Å². The van der Waals surface area contributed by atoms with Crippen molar-refractivity contribution in [1.29, 1.82) is 0 Å². The van der Waals surface area contributed by atoms with E-state index in [-0.39, 0.29) is 5.91 Å². The molecule has 1 N–H and O–H groups in total. The lowest BCUT2D eigenvalue weighted by Crippen LogP contribution is -2.26. The van der Waals surface area contributed by atoms with Crippen molar-refractivity contribution in [2.45, 2.75) is 40.7 Å². The first-order valence-corrected chi connectivity index (χ1v) is 9.22. The summed E-state index contributed by atoms with van der Waals surface area (Å²) in [6, 6.07) is 7.83. The van der Waals surface area contributed by atoms with Crippen LogP contribution >= 0.6 is 0 Å². The fourth-order valence-electron chi connectivity index (χ4n) is 3.50. The largest absolute Gasteiger partial charge is 0.352 e. The van der Waals surface area contributed by atoms with Gasteiger partial charge in [-0.25, -0.2) is 0 Å². The van der Waals surface area contributed by atoms with E-state index in [1.165, 1.54) is 5.56 Å². The van der Waals surface area contributed by atoms with Crippen molar-refractivity contribution < 1.29 is 4.79 Å². The van der Waals surface area contributed by atoms with E-state index in [2.05, 4.69) is 26.9 Å². The van der Waals surface area contributed by atoms with Crippen LogP contribution in [-0.4, -0.2) is 31.8 Å². The molecule has 3 aromatic heterocycles. The summed E-state index contributed by atoms with van der Waals surface area (Å²) in [7, 11) is 1.95. The highest BCUT2D eigenvalue weighted by molar-refractivity contribution is 5.95. The van der Waals surface area contributed by atoms with Gasteiger partial charge in [-0.2, -0.15) is 5.10 Å². The number of aryl methyl sites for hydroxylation is 3. The van der Waals surface area contributed by atoms with E-state index in [4.69, 9.17) is 0 Å². The standard InChI is InChI=1S/C21H27N5O/c1-14-12-20(17(4)26(14)13-18-8-6-7-10-22-18)21(27)23-11-9-19-15(2)24-25(5)16(19)3/h6-8,10,12H,9,11,13H2,1-5H3,(H,23,27). The third-order valence-electron chi connectivity index (χ3n) is 5.18. The van der Waals surface area contributed by atoms with Gasteiger partial charge < -0.3 is 9.88 Å². The van der Waals surface area contributed by atoms with Crippen LogP contribution in [0.5, 0.6) is 0 Å². The van der Waals surface area contributed by atoms with Gasteiger partial charge in [-0.05, 0) is 57.9 Å². The summed E-state index contributed by atoms with van der Waals surface area (Å²) in [5, 5.41) is 7.48. The molecule has 1 amide bonds. The second-order valence-corrected chi connectivity index (χ2v) is 6.97. The molecule has 6 nitrogen and oxygen atoms in total. The molecule has 0 bridgehead atoms. The summed E-state index contributed by atoms with van der Waals surface area (Å²) >= 11 is 0. The molecule has 27 heavy (non-hydrogen) atoms. The summed E-state index contributed by atoms with van der Waals surface area (Å²) in [5.74, 6) is -0.0328.